The van der Waals surface area contributed by atoms with Crippen LogP contribution in [-0.2, 0) is 13.1 Å². The number of carbonyl (C=O) groups is 2. The smallest absolute Gasteiger partial charge is 0.389 e. The maximum absolute atomic E-state index is 12.2. The summed E-state index contributed by atoms with van der Waals surface area (Å²) < 4.78 is 5.23. The van der Waals surface area contributed by atoms with E-state index in [-0.39, 0.29) is 18.5 Å². The van der Waals surface area contributed by atoms with Crippen LogP contribution in [0.3, 0.4) is 0 Å². The molecule has 0 fully saturated rings. The second-order valence-electron chi connectivity index (χ2n) is 5.75. The fourth-order valence-electron chi connectivity index (χ4n) is 2.12. The molecule has 0 saturated carbocycles. The number of aryl methyl sites for hydroxylation is 1. The number of nitrogens with one attached hydrogen (secondary N) is 2. The van der Waals surface area contributed by atoms with E-state index in [2.05, 4.69) is 25.6 Å². The Hall–Kier alpha value is -3.05. The number of hydrogen-bond donors (Lipinski definition) is 2. The maximum Gasteiger partial charge on any atom is 0.416 e. The lowest BCUT2D eigenvalue weighted by Gasteiger charge is -2.15. The molecule has 0 aliphatic carbocycles. The molecule has 0 spiro atoms. The lowest BCUT2D eigenvalue weighted by atomic mass is 10.3. The third kappa shape index (κ3) is 5.47. The third-order valence-electron chi connectivity index (χ3n) is 3.54. The van der Waals surface area contributed by atoms with Crippen LogP contribution in [0.15, 0.2) is 34.6 Å². The van der Waals surface area contributed by atoms with Gasteiger partial charge in [0.15, 0.2) is 5.13 Å². The molecule has 0 bridgehead atoms. The third-order valence-corrected chi connectivity index (χ3v) is 5.07. The first-order valence-electron chi connectivity index (χ1n) is 8.22. The van der Waals surface area contributed by atoms with Gasteiger partial charge in [0.25, 0.3) is 0 Å². The average molecular weight is 419 g/mol. The summed E-state index contributed by atoms with van der Waals surface area (Å²) in [7, 11) is 1.59. The Bertz CT molecular complexity index is 944. The van der Waals surface area contributed by atoms with Crippen molar-refractivity contribution in [2.75, 3.05) is 12.4 Å². The molecule has 11 heteroatoms. The number of carbonyl (C=O) groups excluding carboxylic acids is 2. The van der Waals surface area contributed by atoms with E-state index in [0.717, 1.165) is 5.56 Å². The summed E-state index contributed by atoms with van der Waals surface area (Å²) in [5.74, 6) is 0.169. The fraction of sp³-hybridized carbons (Fsp3) is 0.235. The minimum Gasteiger partial charge on any atom is -0.389 e. The first-order valence-corrected chi connectivity index (χ1v) is 10.0. The molecule has 9 nitrogen and oxygen atoms in total. The molecular formula is C17H18N6O3S2. The van der Waals surface area contributed by atoms with Crippen molar-refractivity contribution in [3.8, 4) is 5.88 Å². The summed E-state index contributed by atoms with van der Waals surface area (Å²) in [6.45, 7) is 2.38. The Kier molecular flexibility index (Phi) is 6.50. The number of hydrogen-bond acceptors (Lipinski definition) is 8. The monoisotopic (exact) mass is 418 g/mol. The van der Waals surface area contributed by atoms with Crippen LogP contribution in [0.25, 0.3) is 0 Å². The standard InChI is InChI=1S/C17H18N6O3S2/c1-11-14(19-5-4-18-11)26-17(25)23(2)8-13-10-28-16(21-13)22-15(24)20-7-12-3-6-27-9-12/h3-6,9-10H,7-8H2,1-2H3,(H2,20,21,22,24). The highest BCUT2D eigenvalue weighted by Crippen LogP contribution is 2.17. The SMILES string of the molecule is Cc1nccnc1OC(=O)N(C)Cc1csc(NC(=O)NCc2ccsc2)n1. The Morgan fingerprint density at radius 3 is 2.82 bits per heavy atom. The second kappa shape index (κ2) is 9.24. The first kappa shape index (κ1) is 19.7. The number of thiophene rings is 1. The van der Waals surface area contributed by atoms with Gasteiger partial charge in [-0.2, -0.15) is 11.3 Å². The van der Waals surface area contributed by atoms with E-state index in [1.54, 1.807) is 30.7 Å². The van der Waals surface area contributed by atoms with Crippen molar-refractivity contribution in [2.24, 2.45) is 0 Å². The molecule has 2 N–H and O–H groups in total. The van der Waals surface area contributed by atoms with E-state index in [4.69, 9.17) is 4.74 Å². The molecule has 3 rings (SSSR count). The molecule has 3 aromatic heterocycles. The van der Waals surface area contributed by atoms with Gasteiger partial charge in [0.1, 0.15) is 0 Å². The largest absolute Gasteiger partial charge is 0.416 e. The molecule has 0 aliphatic rings. The van der Waals surface area contributed by atoms with Gasteiger partial charge < -0.3 is 15.0 Å². The first-order chi connectivity index (χ1) is 13.5. The van der Waals surface area contributed by atoms with Crippen molar-refractivity contribution in [2.45, 2.75) is 20.0 Å². The topological polar surface area (TPSA) is 109 Å². The van der Waals surface area contributed by atoms with Crippen molar-refractivity contribution in [3.05, 3.63) is 51.6 Å². The molecule has 3 amide bonds. The predicted molar refractivity (Wildman–Crippen MR) is 107 cm³/mol. The highest BCUT2D eigenvalue weighted by molar-refractivity contribution is 7.13. The second-order valence-corrected chi connectivity index (χ2v) is 7.39. The van der Waals surface area contributed by atoms with Gasteiger partial charge in [-0.3, -0.25) is 10.3 Å². The van der Waals surface area contributed by atoms with Gasteiger partial charge in [-0.15, -0.1) is 11.3 Å². The van der Waals surface area contributed by atoms with Gasteiger partial charge in [-0.05, 0) is 29.3 Å². The number of ether oxygens (including phenoxy) is 1. The van der Waals surface area contributed by atoms with Crippen LogP contribution in [0.4, 0.5) is 14.7 Å². The number of urea groups is 1. The van der Waals surface area contributed by atoms with Crippen LogP contribution in [0.5, 0.6) is 5.88 Å². The Labute approximate surface area is 169 Å². The molecule has 3 heterocycles. The van der Waals surface area contributed by atoms with E-state index in [0.29, 0.717) is 23.1 Å². The number of amides is 3. The van der Waals surface area contributed by atoms with Crippen LogP contribution in [-0.4, -0.2) is 39.0 Å². The molecule has 0 saturated heterocycles. The summed E-state index contributed by atoms with van der Waals surface area (Å²) in [5.41, 5.74) is 2.20. The van der Waals surface area contributed by atoms with Crippen molar-refractivity contribution in [3.63, 3.8) is 0 Å². The van der Waals surface area contributed by atoms with Crippen LogP contribution in [0.2, 0.25) is 0 Å². The molecule has 0 aromatic carbocycles. The minimum atomic E-state index is -0.570. The molecular weight excluding hydrogens is 400 g/mol. The van der Waals surface area contributed by atoms with Crippen LogP contribution >= 0.6 is 22.7 Å². The van der Waals surface area contributed by atoms with E-state index < -0.39 is 6.09 Å². The summed E-state index contributed by atoms with van der Waals surface area (Å²) in [5, 5.41) is 11.6. The van der Waals surface area contributed by atoms with E-state index in [9.17, 15) is 9.59 Å². The van der Waals surface area contributed by atoms with E-state index in [1.165, 1.54) is 28.6 Å². The number of anilines is 1. The van der Waals surface area contributed by atoms with Gasteiger partial charge >= 0.3 is 12.1 Å². The van der Waals surface area contributed by atoms with Crippen molar-refractivity contribution < 1.29 is 14.3 Å². The molecule has 146 valence electrons. The van der Waals surface area contributed by atoms with Gasteiger partial charge in [0.05, 0.1) is 17.9 Å². The van der Waals surface area contributed by atoms with E-state index >= 15 is 0 Å². The predicted octanol–water partition coefficient (Wildman–Crippen LogP) is 3.26. The lowest BCUT2D eigenvalue weighted by molar-refractivity contribution is 0.158. The number of nitrogens with zero attached hydrogens (tertiary/aromatic N) is 4. The summed E-state index contributed by atoms with van der Waals surface area (Å²) in [6.07, 6.45) is 2.41. The van der Waals surface area contributed by atoms with Crippen molar-refractivity contribution in [1.29, 1.82) is 0 Å². The fourth-order valence-corrected chi connectivity index (χ4v) is 3.48. The highest BCUT2D eigenvalue weighted by atomic mass is 32.1. The zero-order valence-corrected chi connectivity index (χ0v) is 16.8. The molecule has 0 unspecified atom stereocenters. The van der Waals surface area contributed by atoms with Crippen LogP contribution < -0.4 is 15.4 Å². The average Bonchev–Trinajstić information content (AvgIpc) is 3.34. The van der Waals surface area contributed by atoms with Gasteiger partial charge in [-0.1, -0.05) is 0 Å². The number of thiazole rings is 1. The van der Waals surface area contributed by atoms with Gasteiger partial charge in [0, 0.05) is 31.4 Å². The quantitative estimate of drug-likeness (QED) is 0.636. The van der Waals surface area contributed by atoms with Gasteiger partial charge in [-0.25, -0.2) is 19.6 Å². The van der Waals surface area contributed by atoms with Crippen LogP contribution in [0, 0.1) is 6.92 Å². The van der Waals surface area contributed by atoms with Crippen molar-refractivity contribution >= 4 is 39.9 Å². The summed E-state index contributed by atoms with van der Waals surface area (Å²) >= 11 is 2.86. The normalized spacial score (nSPS) is 10.4. The molecule has 0 atom stereocenters. The Balaban J connectivity index is 1.48. The molecule has 3 aromatic rings. The maximum atomic E-state index is 12.2. The van der Waals surface area contributed by atoms with Gasteiger partial charge in [0.2, 0.25) is 5.88 Å². The molecule has 28 heavy (non-hydrogen) atoms. The Morgan fingerprint density at radius 2 is 2.07 bits per heavy atom. The van der Waals surface area contributed by atoms with Crippen LogP contribution in [0.1, 0.15) is 17.0 Å². The number of rotatable bonds is 6. The Morgan fingerprint density at radius 1 is 1.25 bits per heavy atom. The lowest BCUT2D eigenvalue weighted by Crippen LogP contribution is -2.30. The number of aromatic nitrogens is 3. The van der Waals surface area contributed by atoms with E-state index in [1.807, 2.05) is 16.8 Å². The molecule has 0 radical (unpaired) electrons. The summed E-state index contributed by atoms with van der Waals surface area (Å²) in [4.78, 5) is 37.8. The zero-order valence-electron chi connectivity index (χ0n) is 15.2. The molecule has 0 aliphatic heterocycles. The summed E-state index contributed by atoms with van der Waals surface area (Å²) in [6, 6.07) is 1.61. The highest BCUT2D eigenvalue weighted by Gasteiger charge is 2.16. The zero-order chi connectivity index (χ0) is 19.9. The van der Waals surface area contributed by atoms with Crippen molar-refractivity contribution in [1.82, 2.24) is 25.2 Å². The minimum absolute atomic E-state index is 0.169.